The summed E-state index contributed by atoms with van der Waals surface area (Å²) in [6.45, 7) is 4.93. The first kappa shape index (κ1) is 13.7. The monoisotopic (exact) mass is 289 g/mol. The van der Waals surface area contributed by atoms with Crippen LogP contribution in [-0.4, -0.2) is 27.2 Å². The first-order valence-corrected chi connectivity index (χ1v) is 7.72. The molecule has 3 rings (SSSR count). The van der Waals surface area contributed by atoms with Crippen molar-refractivity contribution < 1.29 is 5.11 Å². The Kier molecular flexibility index (Phi) is 3.58. The second kappa shape index (κ2) is 5.24. The van der Waals surface area contributed by atoms with Gasteiger partial charge in [-0.2, -0.15) is 0 Å². The summed E-state index contributed by atoms with van der Waals surface area (Å²) >= 11 is 1.62. The van der Waals surface area contributed by atoms with Crippen molar-refractivity contribution in [2.45, 2.75) is 39.0 Å². The van der Waals surface area contributed by atoms with Crippen LogP contribution in [0.4, 0.5) is 0 Å². The maximum atomic E-state index is 9.73. The minimum absolute atomic E-state index is 0.0418. The number of aliphatic hydroxyl groups excluding tert-OH is 1. The fraction of sp³-hybridized carbons (Fsp3) is 0.467. The molecule has 2 atom stereocenters. The van der Waals surface area contributed by atoms with Crippen LogP contribution in [0.5, 0.6) is 0 Å². The van der Waals surface area contributed by atoms with Crippen LogP contribution in [0.3, 0.4) is 0 Å². The van der Waals surface area contributed by atoms with Crippen molar-refractivity contribution in [1.29, 1.82) is 0 Å². The zero-order chi connectivity index (χ0) is 14.2. The number of rotatable bonds is 4. The summed E-state index contributed by atoms with van der Waals surface area (Å²) in [5.41, 5.74) is 1.91. The third-order valence-corrected chi connectivity index (χ3v) is 5.09. The van der Waals surface area contributed by atoms with Gasteiger partial charge in [-0.15, -0.1) is 11.3 Å². The lowest BCUT2D eigenvalue weighted by atomic mass is 9.64. The summed E-state index contributed by atoms with van der Waals surface area (Å²) in [5.74, 6) is 0. The number of nitrogens with zero attached hydrogens (tertiary/aromatic N) is 2. The number of nitrogens with one attached hydrogen (secondary N) is 1. The van der Waals surface area contributed by atoms with Crippen LogP contribution in [0.25, 0.3) is 10.7 Å². The zero-order valence-electron chi connectivity index (χ0n) is 11.7. The van der Waals surface area contributed by atoms with Crippen molar-refractivity contribution in [3.8, 4) is 10.7 Å². The van der Waals surface area contributed by atoms with Gasteiger partial charge in [0, 0.05) is 29.6 Å². The topological polar surface area (TPSA) is 58.0 Å². The molecule has 0 amide bonds. The molecule has 0 spiro atoms. The van der Waals surface area contributed by atoms with Gasteiger partial charge < -0.3 is 10.4 Å². The van der Waals surface area contributed by atoms with Gasteiger partial charge >= 0.3 is 0 Å². The molecule has 1 fully saturated rings. The summed E-state index contributed by atoms with van der Waals surface area (Å²) in [6.07, 6.45) is 2.41. The number of aliphatic hydroxyl groups is 1. The number of hydrogen-bond donors (Lipinski definition) is 2. The molecule has 0 saturated heterocycles. The summed E-state index contributed by atoms with van der Waals surface area (Å²) < 4.78 is 0. The molecule has 2 aromatic heterocycles. The van der Waals surface area contributed by atoms with E-state index in [0.717, 1.165) is 29.4 Å². The van der Waals surface area contributed by atoms with E-state index in [-0.39, 0.29) is 11.5 Å². The van der Waals surface area contributed by atoms with Crippen LogP contribution >= 0.6 is 11.3 Å². The molecule has 2 unspecified atom stereocenters. The Bertz CT molecular complexity index is 582. The van der Waals surface area contributed by atoms with E-state index in [1.54, 1.807) is 17.5 Å². The van der Waals surface area contributed by atoms with E-state index in [1.165, 1.54) is 0 Å². The highest BCUT2D eigenvalue weighted by atomic mass is 32.1. The summed E-state index contributed by atoms with van der Waals surface area (Å²) in [5, 5.41) is 16.2. The normalized spacial score (nSPS) is 24.4. The van der Waals surface area contributed by atoms with E-state index in [9.17, 15) is 5.11 Å². The lowest BCUT2D eigenvalue weighted by molar-refractivity contribution is -0.0730. The third kappa shape index (κ3) is 2.49. The van der Waals surface area contributed by atoms with Gasteiger partial charge in [0.2, 0.25) is 0 Å². The molecular weight excluding hydrogens is 270 g/mol. The van der Waals surface area contributed by atoms with Gasteiger partial charge in [-0.25, -0.2) is 4.98 Å². The Morgan fingerprint density at radius 1 is 1.45 bits per heavy atom. The highest BCUT2D eigenvalue weighted by Crippen LogP contribution is 2.40. The summed E-state index contributed by atoms with van der Waals surface area (Å²) in [7, 11) is 0. The van der Waals surface area contributed by atoms with Crippen LogP contribution in [0.2, 0.25) is 0 Å². The molecule has 0 bridgehead atoms. The van der Waals surface area contributed by atoms with Crippen LogP contribution in [0.15, 0.2) is 29.8 Å². The highest BCUT2D eigenvalue weighted by Gasteiger charge is 2.46. The molecule has 1 aliphatic rings. The predicted octanol–water partition coefficient (Wildman–Crippen LogP) is 2.45. The van der Waals surface area contributed by atoms with Gasteiger partial charge in [0.25, 0.3) is 0 Å². The number of thiazole rings is 1. The van der Waals surface area contributed by atoms with Gasteiger partial charge in [-0.05, 0) is 18.6 Å². The molecule has 2 N–H and O–H groups in total. The Balaban J connectivity index is 1.61. The van der Waals surface area contributed by atoms with Crippen molar-refractivity contribution in [3.63, 3.8) is 0 Å². The van der Waals surface area contributed by atoms with Gasteiger partial charge in [-0.1, -0.05) is 19.9 Å². The minimum Gasteiger partial charge on any atom is -0.392 e. The molecule has 106 valence electrons. The molecule has 4 nitrogen and oxygen atoms in total. The number of aromatic nitrogens is 2. The molecule has 0 aliphatic heterocycles. The SMILES string of the molecule is CC1(C)C(O)CC1NCc1csc(-c2ccccn2)n1. The van der Waals surface area contributed by atoms with Crippen molar-refractivity contribution in [2.75, 3.05) is 0 Å². The van der Waals surface area contributed by atoms with Crippen LogP contribution in [0, 0.1) is 5.41 Å². The predicted molar refractivity (Wildman–Crippen MR) is 80.4 cm³/mol. The Labute approximate surface area is 122 Å². The average molecular weight is 289 g/mol. The van der Waals surface area contributed by atoms with Gasteiger partial charge in [-0.3, -0.25) is 4.98 Å². The minimum atomic E-state index is -0.195. The molecule has 20 heavy (non-hydrogen) atoms. The Morgan fingerprint density at radius 2 is 2.30 bits per heavy atom. The van der Waals surface area contributed by atoms with Gasteiger partial charge in [0.15, 0.2) is 0 Å². The lowest BCUT2D eigenvalue weighted by Gasteiger charge is -2.49. The molecule has 2 aromatic rings. The Hall–Kier alpha value is -1.30. The van der Waals surface area contributed by atoms with E-state index in [1.807, 2.05) is 18.2 Å². The number of hydrogen-bond acceptors (Lipinski definition) is 5. The van der Waals surface area contributed by atoms with Crippen molar-refractivity contribution in [3.05, 3.63) is 35.5 Å². The molecule has 0 radical (unpaired) electrons. The van der Waals surface area contributed by atoms with E-state index >= 15 is 0 Å². The molecule has 0 aromatic carbocycles. The third-order valence-electron chi connectivity index (χ3n) is 4.18. The second-order valence-corrected chi connectivity index (χ2v) is 6.72. The van der Waals surface area contributed by atoms with E-state index in [2.05, 4.69) is 34.5 Å². The van der Waals surface area contributed by atoms with Crippen LogP contribution < -0.4 is 5.32 Å². The lowest BCUT2D eigenvalue weighted by Crippen LogP contribution is -2.59. The van der Waals surface area contributed by atoms with Crippen LogP contribution in [-0.2, 0) is 6.54 Å². The highest BCUT2D eigenvalue weighted by molar-refractivity contribution is 7.13. The van der Waals surface area contributed by atoms with Crippen molar-refractivity contribution in [1.82, 2.24) is 15.3 Å². The smallest absolute Gasteiger partial charge is 0.142 e. The zero-order valence-corrected chi connectivity index (χ0v) is 12.5. The van der Waals surface area contributed by atoms with Crippen molar-refractivity contribution in [2.24, 2.45) is 5.41 Å². The maximum Gasteiger partial charge on any atom is 0.142 e. The number of pyridine rings is 1. The Morgan fingerprint density at radius 3 is 2.95 bits per heavy atom. The summed E-state index contributed by atoms with van der Waals surface area (Å²) in [4.78, 5) is 8.92. The molecule has 1 saturated carbocycles. The maximum absolute atomic E-state index is 9.73. The average Bonchev–Trinajstić information content (AvgIpc) is 2.93. The fourth-order valence-electron chi connectivity index (χ4n) is 2.47. The van der Waals surface area contributed by atoms with Gasteiger partial charge in [0.1, 0.15) is 5.01 Å². The quantitative estimate of drug-likeness (QED) is 0.908. The summed E-state index contributed by atoms with van der Waals surface area (Å²) in [6, 6.07) is 6.21. The van der Waals surface area contributed by atoms with Crippen LogP contribution in [0.1, 0.15) is 26.0 Å². The first-order valence-electron chi connectivity index (χ1n) is 6.84. The van der Waals surface area contributed by atoms with Gasteiger partial charge in [0.05, 0.1) is 17.5 Å². The second-order valence-electron chi connectivity index (χ2n) is 5.87. The first-order chi connectivity index (χ1) is 9.57. The van der Waals surface area contributed by atoms with E-state index < -0.39 is 0 Å². The standard InChI is InChI=1S/C15H19N3OS/c1-15(2)12(7-13(15)19)17-8-10-9-20-14(18-10)11-5-3-4-6-16-11/h3-6,9,12-13,17,19H,7-8H2,1-2H3. The molecular formula is C15H19N3OS. The molecule has 1 aliphatic carbocycles. The largest absolute Gasteiger partial charge is 0.392 e. The van der Waals surface area contributed by atoms with E-state index in [0.29, 0.717) is 6.04 Å². The fourth-order valence-corrected chi connectivity index (χ4v) is 3.27. The van der Waals surface area contributed by atoms with E-state index in [4.69, 9.17) is 0 Å². The van der Waals surface area contributed by atoms with Crippen molar-refractivity contribution >= 4 is 11.3 Å². The molecule has 5 heteroatoms. The molecule has 2 heterocycles.